The fourth-order valence-corrected chi connectivity index (χ4v) is 2.60. The second-order valence-electron chi connectivity index (χ2n) is 7.44. The summed E-state index contributed by atoms with van der Waals surface area (Å²) in [4.78, 5) is 11.8. The van der Waals surface area contributed by atoms with Crippen LogP contribution in [-0.2, 0) is 4.74 Å². The van der Waals surface area contributed by atoms with E-state index in [0.717, 1.165) is 25.7 Å². The van der Waals surface area contributed by atoms with Crippen molar-refractivity contribution in [2.45, 2.75) is 71.9 Å². The molecule has 4 nitrogen and oxygen atoms in total. The molecular weight excluding hydrogens is 242 g/mol. The third-order valence-electron chi connectivity index (χ3n) is 3.85. The predicted molar refractivity (Wildman–Crippen MR) is 76.0 cm³/mol. The standard InChI is InChI=1S/C15H29NO3/c1-14(2,3)19-13(18)16-12(10-17)11-6-8-15(4,5)9-7-11/h11-12,17H,6-10H2,1-5H3,(H,16,18). The van der Waals surface area contributed by atoms with E-state index >= 15 is 0 Å². The predicted octanol–water partition coefficient (Wildman–Crippen LogP) is 3.09. The number of alkyl carbamates (subject to hydrolysis) is 1. The number of hydrogen-bond donors (Lipinski definition) is 2. The third kappa shape index (κ3) is 5.81. The van der Waals surface area contributed by atoms with Crippen molar-refractivity contribution in [2.24, 2.45) is 11.3 Å². The molecule has 4 heteroatoms. The molecule has 112 valence electrons. The first kappa shape index (κ1) is 16.3. The summed E-state index contributed by atoms with van der Waals surface area (Å²) in [5, 5.41) is 12.3. The van der Waals surface area contributed by atoms with E-state index in [1.807, 2.05) is 20.8 Å². The lowest BCUT2D eigenvalue weighted by molar-refractivity contribution is 0.0419. The molecule has 0 heterocycles. The number of carbonyl (C=O) groups excluding carboxylic acids is 1. The first-order valence-electron chi connectivity index (χ1n) is 7.23. The van der Waals surface area contributed by atoms with E-state index in [1.165, 1.54) is 0 Å². The van der Waals surface area contributed by atoms with Gasteiger partial charge in [0, 0.05) is 0 Å². The van der Waals surface area contributed by atoms with Gasteiger partial charge < -0.3 is 15.2 Å². The van der Waals surface area contributed by atoms with Gasteiger partial charge in [0.2, 0.25) is 0 Å². The Labute approximate surface area is 116 Å². The second-order valence-corrected chi connectivity index (χ2v) is 7.44. The molecule has 1 fully saturated rings. The van der Waals surface area contributed by atoms with Crippen LogP contribution in [0.25, 0.3) is 0 Å². The van der Waals surface area contributed by atoms with Gasteiger partial charge in [-0.1, -0.05) is 13.8 Å². The molecule has 1 atom stereocenters. The number of amides is 1. The Morgan fingerprint density at radius 3 is 2.32 bits per heavy atom. The van der Waals surface area contributed by atoms with Crippen LogP contribution in [0, 0.1) is 11.3 Å². The molecule has 2 N–H and O–H groups in total. The molecule has 1 unspecified atom stereocenters. The summed E-state index contributed by atoms with van der Waals surface area (Å²) in [6.45, 7) is 10.0. The number of aliphatic hydroxyl groups is 1. The van der Waals surface area contributed by atoms with E-state index < -0.39 is 11.7 Å². The van der Waals surface area contributed by atoms with Crippen LogP contribution in [0.4, 0.5) is 4.79 Å². The lowest BCUT2D eigenvalue weighted by atomic mass is 9.71. The highest BCUT2D eigenvalue weighted by atomic mass is 16.6. The summed E-state index contributed by atoms with van der Waals surface area (Å²) >= 11 is 0. The molecule has 19 heavy (non-hydrogen) atoms. The highest BCUT2D eigenvalue weighted by Crippen LogP contribution is 2.39. The Hall–Kier alpha value is -0.770. The van der Waals surface area contributed by atoms with Gasteiger partial charge in [0.05, 0.1) is 12.6 Å². The minimum atomic E-state index is -0.501. The van der Waals surface area contributed by atoms with Gasteiger partial charge in [0.25, 0.3) is 0 Å². The van der Waals surface area contributed by atoms with Gasteiger partial charge in [-0.3, -0.25) is 0 Å². The highest BCUT2D eigenvalue weighted by molar-refractivity contribution is 5.68. The van der Waals surface area contributed by atoms with Crippen molar-refractivity contribution >= 4 is 6.09 Å². The largest absolute Gasteiger partial charge is 0.444 e. The van der Waals surface area contributed by atoms with E-state index in [9.17, 15) is 9.90 Å². The van der Waals surface area contributed by atoms with Crippen molar-refractivity contribution in [1.29, 1.82) is 0 Å². The monoisotopic (exact) mass is 271 g/mol. The fraction of sp³-hybridized carbons (Fsp3) is 0.933. The first-order chi connectivity index (χ1) is 8.63. The quantitative estimate of drug-likeness (QED) is 0.829. The molecule has 1 aliphatic rings. The van der Waals surface area contributed by atoms with Gasteiger partial charge in [-0.05, 0) is 57.8 Å². The van der Waals surface area contributed by atoms with Gasteiger partial charge in [-0.2, -0.15) is 0 Å². The maximum atomic E-state index is 11.8. The third-order valence-corrected chi connectivity index (χ3v) is 3.85. The molecular formula is C15H29NO3. The molecule has 0 radical (unpaired) electrons. The van der Waals surface area contributed by atoms with Crippen LogP contribution in [0.2, 0.25) is 0 Å². The molecule has 1 saturated carbocycles. The Morgan fingerprint density at radius 1 is 1.37 bits per heavy atom. The van der Waals surface area contributed by atoms with Crippen molar-refractivity contribution < 1.29 is 14.6 Å². The van der Waals surface area contributed by atoms with E-state index in [4.69, 9.17) is 4.74 Å². The average molecular weight is 271 g/mol. The van der Waals surface area contributed by atoms with Crippen molar-refractivity contribution in [3.05, 3.63) is 0 Å². The van der Waals surface area contributed by atoms with E-state index in [2.05, 4.69) is 19.2 Å². The summed E-state index contributed by atoms with van der Waals surface area (Å²) < 4.78 is 5.24. The van der Waals surface area contributed by atoms with Crippen molar-refractivity contribution in [1.82, 2.24) is 5.32 Å². The van der Waals surface area contributed by atoms with Gasteiger partial charge >= 0.3 is 6.09 Å². The van der Waals surface area contributed by atoms with Crippen molar-refractivity contribution in [3.63, 3.8) is 0 Å². The lowest BCUT2D eigenvalue weighted by Crippen LogP contribution is -2.46. The zero-order valence-corrected chi connectivity index (χ0v) is 13.0. The van der Waals surface area contributed by atoms with E-state index in [0.29, 0.717) is 11.3 Å². The fourth-order valence-electron chi connectivity index (χ4n) is 2.60. The maximum absolute atomic E-state index is 11.8. The molecule has 0 aromatic carbocycles. The minimum absolute atomic E-state index is 0.0235. The summed E-state index contributed by atoms with van der Waals surface area (Å²) in [6.07, 6.45) is 3.95. The van der Waals surface area contributed by atoms with Crippen LogP contribution in [0.1, 0.15) is 60.3 Å². The summed E-state index contributed by atoms with van der Waals surface area (Å²) in [5.41, 5.74) is -0.110. The maximum Gasteiger partial charge on any atom is 0.407 e. The van der Waals surface area contributed by atoms with Crippen LogP contribution in [0.15, 0.2) is 0 Å². The first-order valence-corrected chi connectivity index (χ1v) is 7.23. The average Bonchev–Trinajstić information content (AvgIpc) is 2.24. The Balaban J connectivity index is 2.48. The lowest BCUT2D eigenvalue weighted by Gasteiger charge is -2.37. The minimum Gasteiger partial charge on any atom is -0.444 e. The summed E-state index contributed by atoms with van der Waals surface area (Å²) in [6, 6.07) is -0.189. The summed E-state index contributed by atoms with van der Waals surface area (Å²) in [5.74, 6) is 0.352. The molecule has 0 aromatic heterocycles. The molecule has 1 aliphatic carbocycles. The van der Waals surface area contributed by atoms with Crippen LogP contribution in [-0.4, -0.2) is 29.4 Å². The van der Waals surface area contributed by atoms with Crippen LogP contribution >= 0.6 is 0 Å². The molecule has 0 aromatic rings. The van der Waals surface area contributed by atoms with Crippen molar-refractivity contribution in [2.75, 3.05) is 6.61 Å². The normalized spacial score (nSPS) is 21.8. The smallest absolute Gasteiger partial charge is 0.407 e. The van der Waals surface area contributed by atoms with Crippen LogP contribution in [0.5, 0.6) is 0 Å². The van der Waals surface area contributed by atoms with Gasteiger partial charge in [-0.25, -0.2) is 4.79 Å². The zero-order chi connectivity index (χ0) is 14.7. The molecule has 0 aliphatic heterocycles. The van der Waals surface area contributed by atoms with Gasteiger partial charge in [0.1, 0.15) is 5.60 Å². The number of carbonyl (C=O) groups is 1. The number of nitrogens with one attached hydrogen (secondary N) is 1. The summed E-state index contributed by atoms with van der Waals surface area (Å²) in [7, 11) is 0. The Bertz CT molecular complexity index is 297. The molecule has 0 bridgehead atoms. The van der Waals surface area contributed by atoms with Crippen LogP contribution in [0.3, 0.4) is 0 Å². The van der Waals surface area contributed by atoms with Gasteiger partial charge in [-0.15, -0.1) is 0 Å². The Kier molecular flexibility index (Phi) is 5.25. The van der Waals surface area contributed by atoms with E-state index in [1.54, 1.807) is 0 Å². The SMILES string of the molecule is CC1(C)CCC(C(CO)NC(=O)OC(C)(C)C)CC1. The van der Waals surface area contributed by atoms with Crippen LogP contribution < -0.4 is 5.32 Å². The molecule has 0 spiro atoms. The van der Waals surface area contributed by atoms with Crippen molar-refractivity contribution in [3.8, 4) is 0 Å². The van der Waals surface area contributed by atoms with E-state index in [-0.39, 0.29) is 12.6 Å². The second kappa shape index (κ2) is 6.12. The molecule has 1 amide bonds. The number of aliphatic hydroxyl groups excluding tert-OH is 1. The topological polar surface area (TPSA) is 58.6 Å². The number of hydrogen-bond acceptors (Lipinski definition) is 3. The molecule has 1 rings (SSSR count). The Morgan fingerprint density at radius 2 is 1.89 bits per heavy atom. The van der Waals surface area contributed by atoms with Gasteiger partial charge in [0.15, 0.2) is 0 Å². The number of rotatable bonds is 3. The zero-order valence-electron chi connectivity index (χ0n) is 13.0. The number of ether oxygens (including phenoxy) is 1. The molecule has 0 saturated heterocycles. The highest BCUT2D eigenvalue weighted by Gasteiger charge is 2.32.